The van der Waals surface area contributed by atoms with Gasteiger partial charge in [-0.15, -0.1) is 0 Å². The van der Waals surface area contributed by atoms with Crippen LogP contribution in [0.5, 0.6) is 0 Å². The molecule has 6 heteroatoms. The summed E-state index contributed by atoms with van der Waals surface area (Å²) in [7, 11) is 0. The Bertz CT molecular complexity index is 990. The number of hydrogen-bond donors (Lipinski definition) is 1. The van der Waals surface area contributed by atoms with Crippen molar-refractivity contribution in [3.63, 3.8) is 0 Å². The van der Waals surface area contributed by atoms with Crippen LogP contribution in [-0.4, -0.2) is 33.5 Å². The summed E-state index contributed by atoms with van der Waals surface area (Å²) in [6.45, 7) is 4.17. The molecular weight excluding hydrogens is 366 g/mol. The fraction of sp³-hybridized carbons (Fsp3) is 0.455. The number of fused-ring (bicyclic) bond motifs is 1. The van der Waals surface area contributed by atoms with E-state index in [0.29, 0.717) is 11.5 Å². The van der Waals surface area contributed by atoms with Crippen molar-refractivity contribution in [1.29, 1.82) is 0 Å². The third kappa shape index (κ3) is 3.08. The highest BCUT2D eigenvalue weighted by Crippen LogP contribution is 2.46. The monoisotopic (exact) mass is 393 g/mol. The zero-order valence-electron chi connectivity index (χ0n) is 16.3. The summed E-state index contributed by atoms with van der Waals surface area (Å²) < 4.78 is 2.14. The maximum Gasteiger partial charge on any atom is 0.211 e. The van der Waals surface area contributed by atoms with E-state index in [1.54, 1.807) is 11.8 Å². The zero-order valence-corrected chi connectivity index (χ0v) is 17.2. The summed E-state index contributed by atoms with van der Waals surface area (Å²) in [5.41, 5.74) is 9.07. The number of anilines is 1. The normalized spacial score (nSPS) is 21.6. The van der Waals surface area contributed by atoms with Gasteiger partial charge in [0.15, 0.2) is 5.65 Å². The van der Waals surface area contributed by atoms with E-state index in [-0.39, 0.29) is 0 Å². The molecule has 0 amide bonds. The molecule has 5 rings (SSSR count). The van der Waals surface area contributed by atoms with E-state index in [4.69, 9.17) is 10.7 Å². The van der Waals surface area contributed by atoms with Gasteiger partial charge < -0.3 is 10.6 Å². The lowest BCUT2D eigenvalue weighted by atomic mass is 9.74. The Morgan fingerprint density at radius 2 is 2.04 bits per heavy atom. The van der Waals surface area contributed by atoms with Crippen LogP contribution in [0.3, 0.4) is 0 Å². The molecule has 0 radical (unpaired) electrons. The molecule has 0 unspecified atom stereocenters. The number of rotatable bonds is 3. The van der Waals surface area contributed by atoms with Gasteiger partial charge in [0.25, 0.3) is 0 Å². The van der Waals surface area contributed by atoms with Gasteiger partial charge in [-0.3, -0.25) is 4.40 Å². The highest BCUT2D eigenvalue weighted by atomic mass is 32.2. The lowest BCUT2D eigenvalue weighted by molar-refractivity contribution is 0.197. The Kier molecular flexibility index (Phi) is 4.56. The third-order valence-corrected chi connectivity index (χ3v) is 7.61. The van der Waals surface area contributed by atoms with Gasteiger partial charge in [0.1, 0.15) is 0 Å². The third-order valence-electron chi connectivity index (χ3n) is 6.61. The first-order chi connectivity index (χ1) is 13.6. The van der Waals surface area contributed by atoms with E-state index in [1.165, 1.54) is 42.6 Å². The number of aryl methyl sites for hydroxylation is 1. The van der Waals surface area contributed by atoms with Crippen LogP contribution >= 0.6 is 11.8 Å². The molecule has 1 atom stereocenters. The van der Waals surface area contributed by atoms with Crippen molar-refractivity contribution >= 4 is 23.4 Å². The van der Waals surface area contributed by atoms with Crippen LogP contribution in [0, 0.1) is 12.3 Å². The second-order valence-corrected chi connectivity index (χ2v) is 9.43. The zero-order chi connectivity index (χ0) is 19.1. The molecule has 2 N–H and O–H groups in total. The van der Waals surface area contributed by atoms with Gasteiger partial charge in [0.2, 0.25) is 5.95 Å². The number of hydrogen-bond acceptors (Lipinski definition) is 5. The average Bonchev–Trinajstić information content (AvgIpc) is 3.31. The highest BCUT2D eigenvalue weighted by molar-refractivity contribution is 7.99. The van der Waals surface area contributed by atoms with Crippen molar-refractivity contribution in [3.8, 4) is 0 Å². The molecule has 2 aromatic heterocycles. The first kappa shape index (κ1) is 18.0. The first-order valence-electron chi connectivity index (χ1n) is 10.2. The number of nitrogens with two attached hydrogens (primary N) is 1. The molecule has 146 valence electrons. The first-order valence-corrected chi connectivity index (χ1v) is 11.0. The number of aromatic nitrogens is 3. The lowest BCUT2D eigenvalue weighted by Crippen LogP contribution is -2.47. The van der Waals surface area contributed by atoms with E-state index >= 15 is 0 Å². The quantitative estimate of drug-likeness (QED) is 0.719. The van der Waals surface area contributed by atoms with E-state index in [0.717, 1.165) is 29.6 Å². The fourth-order valence-electron chi connectivity index (χ4n) is 4.93. The Hall–Kier alpha value is -2.05. The minimum atomic E-state index is 0.367. The predicted octanol–water partition coefficient (Wildman–Crippen LogP) is 4.29. The van der Waals surface area contributed by atoms with Crippen LogP contribution in [0.25, 0.3) is 5.65 Å². The summed E-state index contributed by atoms with van der Waals surface area (Å²) in [6.07, 6.45) is 12.0. The average molecular weight is 394 g/mol. The summed E-state index contributed by atoms with van der Waals surface area (Å²) in [4.78, 5) is 14.2. The second-order valence-electron chi connectivity index (χ2n) is 8.31. The Labute approximate surface area is 170 Å². The minimum Gasteiger partial charge on any atom is -0.342 e. The smallest absolute Gasteiger partial charge is 0.211 e. The minimum absolute atomic E-state index is 0.367. The van der Waals surface area contributed by atoms with Crippen LogP contribution < -0.4 is 10.6 Å². The number of piperidine rings is 1. The van der Waals surface area contributed by atoms with Crippen molar-refractivity contribution in [2.24, 2.45) is 11.1 Å². The van der Waals surface area contributed by atoms with Gasteiger partial charge >= 0.3 is 0 Å². The van der Waals surface area contributed by atoms with Gasteiger partial charge in [0, 0.05) is 42.6 Å². The van der Waals surface area contributed by atoms with E-state index in [1.807, 2.05) is 18.6 Å². The van der Waals surface area contributed by atoms with Crippen LogP contribution in [0.15, 0.2) is 52.6 Å². The largest absolute Gasteiger partial charge is 0.342 e. The van der Waals surface area contributed by atoms with Gasteiger partial charge in [-0.2, -0.15) is 0 Å². The fourth-order valence-corrected chi connectivity index (χ4v) is 5.93. The SMILES string of the molecule is Cc1cccc(Sc2cnc(N3CCC4(CCC[C@H]4N)CC3)n3ccnc23)c1. The van der Waals surface area contributed by atoms with Gasteiger partial charge in [0.05, 0.1) is 4.90 Å². The van der Waals surface area contributed by atoms with Gasteiger partial charge in [-0.25, -0.2) is 9.97 Å². The number of benzene rings is 1. The number of nitrogens with zero attached hydrogens (tertiary/aromatic N) is 4. The maximum absolute atomic E-state index is 6.45. The standard InChI is InChI=1S/C22H27N5S/c1-16-4-2-5-17(14-16)28-18-15-25-21(27-13-10-24-20(18)27)26-11-8-22(9-12-26)7-3-6-19(22)23/h2,4-5,10,13-15,19H,3,6-9,11-12,23H2,1H3/t19-/m1/s1. The molecule has 1 saturated heterocycles. The van der Waals surface area contributed by atoms with Crippen LogP contribution in [0.4, 0.5) is 5.95 Å². The summed E-state index contributed by atoms with van der Waals surface area (Å²) in [5.74, 6) is 1.00. The molecule has 2 fully saturated rings. The molecule has 5 nitrogen and oxygen atoms in total. The van der Waals surface area contributed by atoms with E-state index in [2.05, 4.69) is 45.5 Å². The van der Waals surface area contributed by atoms with Gasteiger partial charge in [-0.1, -0.05) is 35.9 Å². The van der Waals surface area contributed by atoms with Crippen molar-refractivity contribution in [3.05, 3.63) is 48.4 Å². The molecular formula is C22H27N5S. The summed E-state index contributed by atoms with van der Waals surface area (Å²) in [5, 5.41) is 0. The van der Waals surface area contributed by atoms with Crippen LogP contribution in [0.2, 0.25) is 0 Å². The molecule has 0 bridgehead atoms. The molecule has 2 aliphatic rings. The molecule has 1 aromatic carbocycles. The Morgan fingerprint density at radius 1 is 1.18 bits per heavy atom. The topological polar surface area (TPSA) is 59.5 Å². The molecule has 3 heterocycles. The van der Waals surface area contributed by atoms with E-state index < -0.39 is 0 Å². The molecule has 1 spiro atoms. The highest BCUT2D eigenvalue weighted by Gasteiger charge is 2.43. The summed E-state index contributed by atoms with van der Waals surface area (Å²) >= 11 is 1.73. The number of imidazole rings is 1. The maximum atomic E-state index is 6.45. The Morgan fingerprint density at radius 3 is 2.79 bits per heavy atom. The van der Waals surface area contributed by atoms with Crippen molar-refractivity contribution < 1.29 is 0 Å². The molecule has 1 aliphatic heterocycles. The molecule has 1 aliphatic carbocycles. The van der Waals surface area contributed by atoms with E-state index in [9.17, 15) is 0 Å². The summed E-state index contributed by atoms with van der Waals surface area (Å²) in [6, 6.07) is 8.94. The van der Waals surface area contributed by atoms with Gasteiger partial charge in [-0.05, 0) is 50.2 Å². The van der Waals surface area contributed by atoms with Crippen LogP contribution in [-0.2, 0) is 0 Å². The van der Waals surface area contributed by atoms with Crippen molar-refractivity contribution in [2.45, 2.75) is 54.9 Å². The second kappa shape index (κ2) is 7.08. The lowest BCUT2D eigenvalue weighted by Gasteiger charge is -2.42. The molecule has 3 aromatic rings. The van der Waals surface area contributed by atoms with Crippen molar-refractivity contribution in [2.75, 3.05) is 18.0 Å². The molecule has 28 heavy (non-hydrogen) atoms. The predicted molar refractivity (Wildman–Crippen MR) is 114 cm³/mol. The van der Waals surface area contributed by atoms with Crippen molar-refractivity contribution in [1.82, 2.24) is 14.4 Å². The van der Waals surface area contributed by atoms with Crippen LogP contribution in [0.1, 0.15) is 37.7 Å². The Balaban J connectivity index is 1.40. The molecule has 1 saturated carbocycles.